The third kappa shape index (κ3) is 2.95. The van der Waals surface area contributed by atoms with Gasteiger partial charge < -0.3 is 4.98 Å². The zero-order valence-corrected chi connectivity index (χ0v) is 16.2. The van der Waals surface area contributed by atoms with E-state index in [0.29, 0.717) is 5.65 Å². The molecule has 0 radical (unpaired) electrons. The molecular formula is C24H15FN6. The molecule has 0 bridgehead atoms. The van der Waals surface area contributed by atoms with E-state index in [4.69, 9.17) is 0 Å². The van der Waals surface area contributed by atoms with Crippen molar-refractivity contribution in [3.05, 3.63) is 85.2 Å². The van der Waals surface area contributed by atoms with Crippen LogP contribution in [0.15, 0.2) is 79.4 Å². The summed E-state index contributed by atoms with van der Waals surface area (Å²) >= 11 is 0. The summed E-state index contributed by atoms with van der Waals surface area (Å²) in [5.41, 5.74) is 6.66. The lowest BCUT2D eigenvalue weighted by atomic mass is 10.1. The molecule has 148 valence electrons. The van der Waals surface area contributed by atoms with Crippen molar-refractivity contribution in [2.45, 2.75) is 0 Å². The highest BCUT2D eigenvalue weighted by Gasteiger charge is 2.15. The van der Waals surface area contributed by atoms with E-state index in [0.717, 1.165) is 50.1 Å². The number of aromatic amines is 2. The molecule has 5 aromatic heterocycles. The van der Waals surface area contributed by atoms with Crippen LogP contribution in [0.2, 0.25) is 0 Å². The number of hydrogen-bond acceptors (Lipinski definition) is 4. The van der Waals surface area contributed by atoms with E-state index in [1.54, 1.807) is 24.7 Å². The standard InChI is InChI=1S/C24H15FN6/c25-17-3-1-2-15(10-17)22-18-12-21(29-20(18)6-9-27-22)23-19-11-16(13-28-24(19)31-30-23)14-4-7-26-8-5-14/h1-13,29H,(H,28,30,31). The van der Waals surface area contributed by atoms with Crippen LogP contribution in [0.1, 0.15) is 0 Å². The minimum Gasteiger partial charge on any atom is -0.353 e. The van der Waals surface area contributed by atoms with Crippen molar-refractivity contribution < 1.29 is 4.39 Å². The Balaban J connectivity index is 1.52. The second kappa shape index (κ2) is 6.84. The second-order valence-electron chi connectivity index (χ2n) is 7.24. The number of nitrogens with zero attached hydrogens (tertiary/aromatic N) is 4. The molecule has 0 spiro atoms. The van der Waals surface area contributed by atoms with Gasteiger partial charge in [0.05, 0.1) is 11.4 Å². The summed E-state index contributed by atoms with van der Waals surface area (Å²) in [6, 6.07) is 16.3. The molecule has 7 heteroatoms. The van der Waals surface area contributed by atoms with Crippen molar-refractivity contribution in [2.75, 3.05) is 0 Å². The van der Waals surface area contributed by atoms with E-state index in [1.165, 1.54) is 12.1 Å². The van der Waals surface area contributed by atoms with Crippen LogP contribution in [-0.2, 0) is 0 Å². The van der Waals surface area contributed by atoms with E-state index >= 15 is 0 Å². The van der Waals surface area contributed by atoms with Crippen LogP contribution >= 0.6 is 0 Å². The zero-order valence-electron chi connectivity index (χ0n) is 16.2. The van der Waals surface area contributed by atoms with Crippen LogP contribution in [-0.4, -0.2) is 30.1 Å². The summed E-state index contributed by atoms with van der Waals surface area (Å²) in [5.74, 6) is -0.292. The molecule has 0 saturated heterocycles. The summed E-state index contributed by atoms with van der Waals surface area (Å²) in [5, 5.41) is 9.31. The highest BCUT2D eigenvalue weighted by atomic mass is 19.1. The summed E-state index contributed by atoms with van der Waals surface area (Å²) in [4.78, 5) is 16.5. The van der Waals surface area contributed by atoms with Gasteiger partial charge in [0.2, 0.25) is 0 Å². The first-order valence-electron chi connectivity index (χ1n) is 9.75. The third-order valence-corrected chi connectivity index (χ3v) is 5.33. The Morgan fingerprint density at radius 3 is 2.52 bits per heavy atom. The number of aromatic nitrogens is 6. The van der Waals surface area contributed by atoms with Gasteiger partial charge >= 0.3 is 0 Å². The van der Waals surface area contributed by atoms with E-state index in [9.17, 15) is 4.39 Å². The molecule has 0 atom stereocenters. The number of halogens is 1. The first-order chi connectivity index (χ1) is 15.3. The lowest BCUT2D eigenvalue weighted by Crippen LogP contribution is -1.85. The average Bonchev–Trinajstić information content (AvgIpc) is 3.43. The lowest BCUT2D eigenvalue weighted by molar-refractivity contribution is 0.628. The molecule has 6 rings (SSSR count). The molecule has 31 heavy (non-hydrogen) atoms. The van der Waals surface area contributed by atoms with E-state index in [-0.39, 0.29) is 5.82 Å². The molecule has 0 aliphatic heterocycles. The van der Waals surface area contributed by atoms with Crippen LogP contribution in [0.4, 0.5) is 4.39 Å². The number of fused-ring (bicyclic) bond motifs is 2. The highest BCUT2D eigenvalue weighted by molar-refractivity contribution is 5.99. The highest BCUT2D eigenvalue weighted by Crippen LogP contribution is 2.33. The van der Waals surface area contributed by atoms with Gasteiger partial charge in [0.25, 0.3) is 0 Å². The maximum atomic E-state index is 13.8. The summed E-state index contributed by atoms with van der Waals surface area (Å²) in [6.07, 6.45) is 7.05. The predicted octanol–water partition coefficient (Wildman–Crippen LogP) is 5.37. The van der Waals surface area contributed by atoms with Crippen molar-refractivity contribution in [1.29, 1.82) is 0 Å². The molecule has 5 heterocycles. The number of H-pyrrole nitrogens is 2. The van der Waals surface area contributed by atoms with Gasteiger partial charge in [-0.15, -0.1) is 0 Å². The molecule has 0 amide bonds. The van der Waals surface area contributed by atoms with Gasteiger partial charge in [-0.2, -0.15) is 5.10 Å². The molecule has 0 aliphatic rings. The number of benzene rings is 1. The van der Waals surface area contributed by atoms with Gasteiger partial charge in [0, 0.05) is 52.2 Å². The Morgan fingerprint density at radius 2 is 1.65 bits per heavy atom. The molecular weight excluding hydrogens is 391 g/mol. The normalized spacial score (nSPS) is 11.4. The molecule has 6 aromatic rings. The lowest BCUT2D eigenvalue weighted by Gasteiger charge is -2.02. The van der Waals surface area contributed by atoms with Gasteiger partial charge in [-0.1, -0.05) is 12.1 Å². The minimum absolute atomic E-state index is 0.292. The van der Waals surface area contributed by atoms with Crippen molar-refractivity contribution in [2.24, 2.45) is 0 Å². The van der Waals surface area contributed by atoms with E-state index < -0.39 is 0 Å². The Morgan fingerprint density at radius 1 is 0.742 bits per heavy atom. The summed E-state index contributed by atoms with van der Waals surface area (Å²) in [7, 11) is 0. The van der Waals surface area contributed by atoms with Crippen molar-refractivity contribution in [3.63, 3.8) is 0 Å². The summed E-state index contributed by atoms with van der Waals surface area (Å²) < 4.78 is 13.8. The number of hydrogen-bond donors (Lipinski definition) is 2. The van der Waals surface area contributed by atoms with Crippen molar-refractivity contribution >= 4 is 21.9 Å². The fraction of sp³-hybridized carbons (Fsp3) is 0. The van der Waals surface area contributed by atoms with Gasteiger partial charge in [-0.05, 0) is 48.0 Å². The van der Waals surface area contributed by atoms with Gasteiger partial charge in [0.1, 0.15) is 11.5 Å². The Hall–Kier alpha value is -4.39. The van der Waals surface area contributed by atoms with Gasteiger partial charge in [-0.25, -0.2) is 9.37 Å². The molecule has 6 nitrogen and oxygen atoms in total. The van der Waals surface area contributed by atoms with Crippen molar-refractivity contribution in [1.82, 2.24) is 30.1 Å². The first kappa shape index (κ1) is 17.5. The number of rotatable bonds is 3. The van der Waals surface area contributed by atoms with Crippen LogP contribution < -0.4 is 0 Å². The SMILES string of the molecule is Fc1cccc(-c2nccc3[nH]c(-c4n[nH]c5ncc(-c6ccncc6)cc45)cc23)c1. The smallest absolute Gasteiger partial charge is 0.155 e. The van der Waals surface area contributed by atoms with E-state index in [1.807, 2.05) is 36.5 Å². The fourth-order valence-electron chi connectivity index (χ4n) is 3.86. The Bertz CT molecular complexity index is 1550. The molecule has 1 aromatic carbocycles. The van der Waals surface area contributed by atoms with Gasteiger partial charge in [0.15, 0.2) is 5.65 Å². The topological polar surface area (TPSA) is 83.1 Å². The fourth-order valence-corrected chi connectivity index (χ4v) is 3.86. The number of pyridine rings is 3. The summed E-state index contributed by atoms with van der Waals surface area (Å²) in [6.45, 7) is 0. The van der Waals surface area contributed by atoms with Crippen LogP contribution in [0.3, 0.4) is 0 Å². The first-order valence-corrected chi connectivity index (χ1v) is 9.75. The Kier molecular flexibility index (Phi) is 3.86. The largest absolute Gasteiger partial charge is 0.353 e. The predicted molar refractivity (Wildman–Crippen MR) is 118 cm³/mol. The Labute approximate surface area is 175 Å². The monoisotopic (exact) mass is 406 g/mol. The third-order valence-electron chi connectivity index (χ3n) is 5.33. The van der Waals surface area contributed by atoms with E-state index in [2.05, 4.69) is 36.2 Å². The molecule has 0 fully saturated rings. The maximum Gasteiger partial charge on any atom is 0.155 e. The quantitative estimate of drug-likeness (QED) is 0.414. The molecule has 2 N–H and O–H groups in total. The minimum atomic E-state index is -0.292. The van der Waals surface area contributed by atoms with Crippen molar-refractivity contribution in [3.8, 4) is 33.8 Å². The molecule has 0 unspecified atom stereocenters. The second-order valence-corrected chi connectivity index (χ2v) is 7.24. The molecule has 0 saturated carbocycles. The maximum absolute atomic E-state index is 13.8. The molecule has 0 aliphatic carbocycles. The zero-order chi connectivity index (χ0) is 20.8. The van der Waals surface area contributed by atoms with Gasteiger partial charge in [-0.3, -0.25) is 15.1 Å². The average molecular weight is 406 g/mol. The van der Waals surface area contributed by atoms with Crippen LogP contribution in [0.5, 0.6) is 0 Å². The number of nitrogens with one attached hydrogen (secondary N) is 2. The van der Waals surface area contributed by atoms with Crippen LogP contribution in [0.25, 0.3) is 55.7 Å². The van der Waals surface area contributed by atoms with Crippen LogP contribution in [0, 0.1) is 5.82 Å².